The highest BCUT2D eigenvalue weighted by Crippen LogP contribution is 2.35. The highest BCUT2D eigenvalue weighted by molar-refractivity contribution is 6.35. The number of hydrogen-bond acceptors (Lipinski definition) is 4. The molecule has 0 saturated carbocycles. The van der Waals surface area contributed by atoms with Gasteiger partial charge >= 0.3 is 0 Å². The highest BCUT2D eigenvalue weighted by Gasteiger charge is 2.34. The molecule has 11 heteroatoms. The number of rotatable bonds is 7. The van der Waals surface area contributed by atoms with Crippen LogP contribution in [0.2, 0.25) is 5.02 Å². The van der Waals surface area contributed by atoms with Gasteiger partial charge in [0.05, 0.1) is 16.2 Å². The third-order valence-corrected chi connectivity index (χ3v) is 9.21. The van der Waals surface area contributed by atoms with Gasteiger partial charge in [0.1, 0.15) is 11.6 Å². The Morgan fingerprint density at radius 3 is 2.64 bits per heavy atom. The van der Waals surface area contributed by atoms with Crippen molar-refractivity contribution in [3.05, 3.63) is 86.2 Å². The number of halogens is 3. The van der Waals surface area contributed by atoms with Crippen LogP contribution in [0.1, 0.15) is 74.5 Å². The smallest absolute Gasteiger partial charge is 0.256 e. The molecule has 0 spiro atoms. The minimum atomic E-state index is -0.928. The first-order valence-corrected chi connectivity index (χ1v) is 15.3. The van der Waals surface area contributed by atoms with Gasteiger partial charge in [-0.05, 0) is 94.6 Å². The molecule has 4 heterocycles. The Labute approximate surface area is 259 Å². The van der Waals surface area contributed by atoms with E-state index in [9.17, 15) is 23.2 Å². The second-order valence-corrected chi connectivity index (χ2v) is 12.2. The predicted molar refractivity (Wildman–Crippen MR) is 165 cm³/mol. The summed E-state index contributed by atoms with van der Waals surface area (Å²) in [7, 11) is 0. The molecule has 0 radical (unpaired) electrons. The summed E-state index contributed by atoms with van der Waals surface area (Å²) in [5.74, 6) is -2.65. The maximum atomic E-state index is 14.3. The average molecular weight is 622 g/mol. The summed E-state index contributed by atoms with van der Waals surface area (Å²) >= 11 is 5.76. The van der Waals surface area contributed by atoms with E-state index < -0.39 is 24.1 Å². The fourth-order valence-electron chi connectivity index (χ4n) is 6.56. The van der Waals surface area contributed by atoms with E-state index in [1.807, 2.05) is 18.7 Å². The molecule has 230 valence electrons. The van der Waals surface area contributed by atoms with Crippen molar-refractivity contribution in [2.75, 3.05) is 31.5 Å². The van der Waals surface area contributed by atoms with Gasteiger partial charge in [-0.1, -0.05) is 11.6 Å². The van der Waals surface area contributed by atoms with Crippen molar-refractivity contribution in [1.82, 2.24) is 20.1 Å². The number of nitrogens with zero attached hydrogens (tertiary/aromatic N) is 2. The SMILES string of the molecule is Cc1[nH]c(/C=C2\C(=O)Nc3ccc(C(=O)NCc4c(F)ccc(Cl)c4F)cc32)c(C)c1C(=O)N1CCC[C@H]1CN1CCCC1. The van der Waals surface area contributed by atoms with E-state index in [4.69, 9.17) is 11.6 Å². The van der Waals surface area contributed by atoms with E-state index in [0.717, 1.165) is 62.4 Å². The molecule has 3 aliphatic heterocycles. The summed E-state index contributed by atoms with van der Waals surface area (Å²) < 4.78 is 28.4. The third-order valence-electron chi connectivity index (χ3n) is 8.91. The number of likely N-dealkylation sites (tertiary alicyclic amines) is 2. The number of H-pyrrole nitrogens is 1. The minimum Gasteiger partial charge on any atom is -0.358 e. The number of amides is 3. The van der Waals surface area contributed by atoms with Crippen molar-refractivity contribution in [2.45, 2.75) is 52.1 Å². The number of fused-ring (bicyclic) bond motifs is 1. The Morgan fingerprint density at radius 2 is 1.86 bits per heavy atom. The predicted octanol–water partition coefficient (Wildman–Crippen LogP) is 5.69. The van der Waals surface area contributed by atoms with Crippen molar-refractivity contribution in [1.29, 1.82) is 0 Å². The van der Waals surface area contributed by atoms with Crippen LogP contribution in [0.15, 0.2) is 30.3 Å². The van der Waals surface area contributed by atoms with Gasteiger partial charge in [0.15, 0.2) is 0 Å². The van der Waals surface area contributed by atoms with Crippen LogP contribution in [0.3, 0.4) is 0 Å². The van der Waals surface area contributed by atoms with Gasteiger partial charge in [-0.15, -0.1) is 0 Å². The molecule has 3 aromatic rings. The zero-order valence-corrected chi connectivity index (χ0v) is 25.4. The molecule has 3 aliphatic rings. The van der Waals surface area contributed by atoms with Crippen molar-refractivity contribution >= 4 is 46.7 Å². The number of carbonyl (C=O) groups excluding carboxylic acids is 3. The molecule has 3 N–H and O–H groups in total. The molecular formula is C33H34ClF2N5O3. The van der Waals surface area contributed by atoms with Gasteiger partial charge in [0, 0.05) is 59.4 Å². The molecule has 2 fully saturated rings. The molecule has 8 nitrogen and oxygen atoms in total. The number of aromatic nitrogens is 1. The van der Waals surface area contributed by atoms with Crippen LogP contribution in [-0.2, 0) is 11.3 Å². The maximum absolute atomic E-state index is 14.3. The van der Waals surface area contributed by atoms with E-state index >= 15 is 0 Å². The molecule has 6 rings (SSSR count). The van der Waals surface area contributed by atoms with Gasteiger partial charge in [0.2, 0.25) is 0 Å². The van der Waals surface area contributed by atoms with E-state index in [1.165, 1.54) is 18.9 Å². The van der Waals surface area contributed by atoms with Gasteiger partial charge in [-0.25, -0.2) is 8.78 Å². The van der Waals surface area contributed by atoms with Crippen LogP contribution in [0, 0.1) is 25.5 Å². The van der Waals surface area contributed by atoms with Gasteiger partial charge in [0.25, 0.3) is 17.7 Å². The fourth-order valence-corrected chi connectivity index (χ4v) is 6.73. The van der Waals surface area contributed by atoms with E-state index in [-0.39, 0.29) is 34.0 Å². The largest absolute Gasteiger partial charge is 0.358 e. The van der Waals surface area contributed by atoms with E-state index in [0.29, 0.717) is 28.1 Å². The first-order chi connectivity index (χ1) is 21.1. The maximum Gasteiger partial charge on any atom is 0.256 e. The number of aromatic amines is 1. The molecule has 1 atom stereocenters. The molecule has 0 aliphatic carbocycles. The summed E-state index contributed by atoms with van der Waals surface area (Å²) in [4.78, 5) is 47.5. The second kappa shape index (κ2) is 12.2. The zero-order chi connectivity index (χ0) is 31.1. The minimum absolute atomic E-state index is 0.00500. The van der Waals surface area contributed by atoms with Crippen LogP contribution in [0.25, 0.3) is 11.6 Å². The monoisotopic (exact) mass is 621 g/mol. The molecule has 0 unspecified atom stereocenters. The first kappa shape index (κ1) is 30.0. The number of benzene rings is 2. The summed E-state index contributed by atoms with van der Waals surface area (Å²) in [5, 5.41) is 5.10. The lowest BCUT2D eigenvalue weighted by molar-refractivity contribution is -0.110. The van der Waals surface area contributed by atoms with Gasteiger partial charge in [-0.2, -0.15) is 0 Å². The molecule has 3 amide bonds. The van der Waals surface area contributed by atoms with Gasteiger partial charge < -0.3 is 25.4 Å². The van der Waals surface area contributed by atoms with Crippen molar-refractivity contribution in [3.8, 4) is 0 Å². The first-order valence-electron chi connectivity index (χ1n) is 14.9. The quantitative estimate of drug-likeness (QED) is 0.233. The lowest BCUT2D eigenvalue weighted by Gasteiger charge is -2.28. The highest BCUT2D eigenvalue weighted by atomic mass is 35.5. The Bertz CT molecular complexity index is 1690. The molecule has 2 saturated heterocycles. The van der Waals surface area contributed by atoms with Gasteiger partial charge in [-0.3, -0.25) is 14.4 Å². The van der Waals surface area contributed by atoms with Crippen molar-refractivity contribution in [3.63, 3.8) is 0 Å². The zero-order valence-electron chi connectivity index (χ0n) is 24.7. The summed E-state index contributed by atoms with van der Waals surface area (Å²) in [6, 6.07) is 7.04. The molecule has 44 heavy (non-hydrogen) atoms. The lowest BCUT2D eigenvalue weighted by atomic mass is 10.0. The molecular weight excluding hydrogens is 588 g/mol. The van der Waals surface area contributed by atoms with Crippen molar-refractivity contribution < 1.29 is 23.2 Å². The topological polar surface area (TPSA) is 97.5 Å². The third kappa shape index (κ3) is 5.64. The summed E-state index contributed by atoms with van der Waals surface area (Å²) in [6.07, 6.45) is 6.10. The number of nitrogens with one attached hydrogen (secondary N) is 3. The van der Waals surface area contributed by atoms with Crippen molar-refractivity contribution in [2.24, 2.45) is 0 Å². The number of aryl methyl sites for hydroxylation is 1. The number of carbonyl (C=O) groups is 3. The van der Waals surface area contributed by atoms with Crippen LogP contribution in [0.5, 0.6) is 0 Å². The Balaban J connectivity index is 1.23. The lowest BCUT2D eigenvalue weighted by Crippen LogP contribution is -2.42. The fraction of sp³-hybridized carbons (Fsp3) is 0.364. The standard InChI is InChI=1S/C33H34ClF2N5O3/c1-18-28(38-19(2)29(18)33(44)41-13-5-6-21(41)17-40-11-3-4-12-40)15-23-22-14-20(7-10-27(22)39-32(23)43)31(42)37-16-24-26(35)9-8-25(34)30(24)36/h7-10,14-15,21,38H,3-6,11-13,16-17H2,1-2H3,(H,37,42)(H,39,43)/b23-15-/t21-/m0/s1. The Morgan fingerprint density at radius 1 is 1.09 bits per heavy atom. The van der Waals surface area contributed by atoms with E-state index in [1.54, 1.807) is 18.2 Å². The number of anilines is 1. The summed E-state index contributed by atoms with van der Waals surface area (Å²) in [5.41, 5.74) is 3.99. The normalized spacial score (nSPS) is 19.1. The molecule has 1 aromatic heterocycles. The Kier molecular flexibility index (Phi) is 8.30. The van der Waals surface area contributed by atoms with E-state index in [2.05, 4.69) is 20.5 Å². The van der Waals surface area contributed by atoms with Crippen LogP contribution >= 0.6 is 11.6 Å². The molecule has 0 bridgehead atoms. The average Bonchev–Trinajstić information content (AvgIpc) is 3.79. The van der Waals surface area contributed by atoms with Crippen LogP contribution in [-0.4, -0.2) is 64.7 Å². The summed E-state index contributed by atoms with van der Waals surface area (Å²) in [6.45, 7) is 7.15. The number of hydrogen-bond donors (Lipinski definition) is 3. The van der Waals surface area contributed by atoms with Crippen LogP contribution in [0.4, 0.5) is 14.5 Å². The van der Waals surface area contributed by atoms with Crippen LogP contribution < -0.4 is 10.6 Å². The second-order valence-electron chi connectivity index (χ2n) is 11.7. The Hall–Kier alpha value is -4.02. The molecule has 2 aromatic carbocycles.